The van der Waals surface area contributed by atoms with Gasteiger partial charge in [-0.2, -0.15) is 5.21 Å². The fourth-order valence-electron chi connectivity index (χ4n) is 6.32. The first-order chi connectivity index (χ1) is 24.7. The van der Waals surface area contributed by atoms with Crippen molar-refractivity contribution in [2.24, 2.45) is 0 Å². The molecule has 2 atom stereocenters. The number of carbonyl (C=O) groups is 2. The zero-order valence-electron chi connectivity index (χ0n) is 28.9. The maximum Gasteiger partial charge on any atom is 0.354 e. The molecule has 0 saturated heterocycles. The Bertz CT molecular complexity index is 2030. The molecule has 0 spiro atoms. The van der Waals surface area contributed by atoms with Crippen molar-refractivity contribution in [1.29, 1.82) is 0 Å². The minimum atomic E-state index is -1.13. The highest BCUT2D eigenvalue weighted by Crippen LogP contribution is 2.37. The van der Waals surface area contributed by atoms with Gasteiger partial charge in [0.2, 0.25) is 0 Å². The van der Waals surface area contributed by atoms with Crippen molar-refractivity contribution >= 4 is 22.8 Å². The van der Waals surface area contributed by atoms with Gasteiger partial charge in [0.15, 0.2) is 11.5 Å². The summed E-state index contributed by atoms with van der Waals surface area (Å²) in [6.45, 7) is 6.71. The molecular formula is C37H43N9O5. The third-order valence-electron chi connectivity index (χ3n) is 8.90. The molecule has 6 rings (SSSR count). The number of fused-ring (bicyclic) bond motifs is 1. The third-order valence-corrected chi connectivity index (χ3v) is 8.90. The predicted octanol–water partition coefficient (Wildman–Crippen LogP) is 4.05. The number of aromatic amines is 2. The van der Waals surface area contributed by atoms with E-state index in [1.165, 1.54) is 0 Å². The lowest BCUT2D eigenvalue weighted by atomic mass is 9.74. The first kappa shape index (κ1) is 35.2. The van der Waals surface area contributed by atoms with Crippen LogP contribution in [0.1, 0.15) is 83.1 Å². The number of H-pyrrole nitrogens is 2. The molecule has 5 aromatic rings. The van der Waals surface area contributed by atoms with Crippen LogP contribution in [0.25, 0.3) is 10.9 Å². The summed E-state index contributed by atoms with van der Waals surface area (Å²) in [6, 6.07) is 15.3. The number of allylic oxidation sites excluding steroid dienone is 4. The number of aliphatic hydroxyl groups excluding tert-OH is 1. The molecule has 0 bridgehead atoms. The molecule has 0 radical (unpaired) electrons. The summed E-state index contributed by atoms with van der Waals surface area (Å²) in [7, 11) is 0. The SMILES string of the molecule is CCCc1nc(CNC(=O)c2cc3c(OCC(O)CNC(C)C)cccc3[nH]2)c(C(=O)O)n1Cc1ccc(C2(c3nn[nH]n3)C=CC=CC2)cc1. The zero-order chi connectivity index (χ0) is 36.0. The standard InChI is InChI=1S/C37H43N9O5/c1-4-9-32-41-30(20-39-34(48)29-18-27-28(40-29)10-8-11-31(27)51-22-26(47)19-38-23(2)3)33(35(49)50)46(32)21-24-12-14-25(15-13-24)37(16-6-5-7-17-37)36-42-44-45-43-36/h5-8,10-16,18,23,26,38,40,47H,4,9,17,19-22H2,1-3H3,(H,39,48)(H,49,50)(H,42,43,44,45). The maximum absolute atomic E-state index is 13.3. The smallest absolute Gasteiger partial charge is 0.354 e. The van der Waals surface area contributed by atoms with Gasteiger partial charge >= 0.3 is 5.97 Å². The number of carboxylic acids is 1. The van der Waals surface area contributed by atoms with Crippen LogP contribution in [0.4, 0.5) is 0 Å². The minimum absolute atomic E-state index is 0.0318. The molecule has 2 unspecified atom stereocenters. The molecule has 0 saturated carbocycles. The second kappa shape index (κ2) is 15.5. The maximum atomic E-state index is 13.3. The first-order valence-electron chi connectivity index (χ1n) is 17.1. The number of hydrogen-bond acceptors (Lipinski definition) is 9. The van der Waals surface area contributed by atoms with Crippen LogP contribution in [0, 0.1) is 0 Å². The molecule has 0 fully saturated rings. The lowest BCUT2D eigenvalue weighted by molar-refractivity contribution is 0.0682. The molecule has 1 aliphatic rings. The average molecular weight is 694 g/mol. The van der Waals surface area contributed by atoms with Crippen molar-refractivity contribution in [3.8, 4) is 5.75 Å². The molecule has 14 heteroatoms. The monoisotopic (exact) mass is 693 g/mol. The molecule has 3 aromatic heterocycles. The summed E-state index contributed by atoms with van der Waals surface area (Å²) in [5.41, 5.74) is 2.60. The Morgan fingerprint density at radius 3 is 2.65 bits per heavy atom. The van der Waals surface area contributed by atoms with E-state index in [9.17, 15) is 19.8 Å². The van der Waals surface area contributed by atoms with Gasteiger partial charge in [-0.15, -0.1) is 10.2 Å². The van der Waals surface area contributed by atoms with Gasteiger partial charge in [0, 0.05) is 36.5 Å². The number of tetrazole rings is 1. The number of aromatic carboxylic acids is 1. The van der Waals surface area contributed by atoms with Gasteiger partial charge in [0.25, 0.3) is 5.91 Å². The summed E-state index contributed by atoms with van der Waals surface area (Å²) < 4.78 is 7.61. The van der Waals surface area contributed by atoms with Gasteiger partial charge in [0.05, 0.1) is 17.7 Å². The van der Waals surface area contributed by atoms with Crippen molar-refractivity contribution < 1.29 is 24.5 Å². The third kappa shape index (κ3) is 7.76. The quantitative estimate of drug-likeness (QED) is 0.0878. The van der Waals surface area contributed by atoms with E-state index >= 15 is 0 Å². The fourth-order valence-corrected chi connectivity index (χ4v) is 6.32. The van der Waals surface area contributed by atoms with Crippen molar-refractivity contribution in [3.63, 3.8) is 0 Å². The van der Waals surface area contributed by atoms with E-state index in [2.05, 4.69) is 48.4 Å². The fraction of sp³-hybridized carbons (Fsp3) is 0.351. The number of aryl methyl sites for hydroxylation is 1. The van der Waals surface area contributed by atoms with Crippen LogP contribution in [0.2, 0.25) is 0 Å². The summed E-state index contributed by atoms with van der Waals surface area (Å²) in [5, 5.41) is 42.2. The number of nitrogens with one attached hydrogen (secondary N) is 4. The Balaban J connectivity index is 1.18. The van der Waals surface area contributed by atoms with Crippen molar-refractivity contribution in [3.05, 3.63) is 113 Å². The van der Waals surface area contributed by atoms with E-state index in [1.807, 2.05) is 63.3 Å². The molecule has 1 aliphatic carbocycles. The lowest BCUT2D eigenvalue weighted by Crippen LogP contribution is -2.35. The molecule has 6 N–H and O–H groups in total. The van der Waals surface area contributed by atoms with Crippen LogP contribution in [0.15, 0.2) is 72.8 Å². The lowest BCUT2D eigenvalue weighted by Gasteiger charge is -2.28. The van der Waals surface area contributed by atoms with E-state index < -0.39 is 23.4 Å². The molecule has 51 heavy (non-hydrogen) atoms. The topological polar surface area (TPSA) is 196 Å². The van der Waals surface area contributed by atoms with Gasteiger partial charge < -0.3 is 35.1 Å². The molecule has 0 aliphatic heterocycles. The van der Waals surface area contributed by atoms with Crippen LogP contribution in [0.3, 0.4) is 0 Å². The molecule has 1 amide bonds. The molecule has 2 aromatic carbocycles. The normalized spacial score (nSPS) is 16.2. The van der Waals surface area contributed by atoms with Crippen molar-refractivity contribution in [2.75, 3.05) is 13.2 Å². The highest BCUT2D eigenvalue weighted by atomic mass is 16.5. The average Bonchev–Trinajstić information content (AvgIpc) is 3.90. The Labute approximate surface area is 295 Å². The molecule has 3 heterocycles. The van der Waals surface area contributed by atoms with Crippen LogP contribution in [-0.2, 0) is 24.9 Å². The molecule has 14 nitrogen and oxygen atoms in total. The summed E-state index contributed by atoms with van der Waals surface area (Å²) >= 11 is 0. The Hall–Kier alpha value is -5.60. The number of aliphatic hydroxyl groups is 1. The van der Waals surface area contributed by atoms with Crippen LogP contribution in [0.5, 0.6) is 5.75 Å². The van der Waals surface area contributed by atoms with Crippen molar-refractivity contribution in [2.45, 2.75) is 70.7 Å². The number of carbonyl (C=O) groups excluding carboxylic acids is 1. The Kier molecular flexibility index (Phi) is 10.7. The number of benzene rings is 2. The largest absolute Gasteiger partial charge is 0.490 e. The van der Waals surface area contributed by atoms with E-state index in [1.54, 1.807) is 22.8 Å². The van der Waals surface area contributed by atoms with Gasteiger partial charge in [0.1, 0.15) is 30.0 Å². The first-order valence-corrected chi connectivity index (χ1v) is 17.1. The van der Waals surface area contributed by atoms with Crippen molar-refractivity contribution in [1.82, 2.24) is 45.8 Å². The predicted molar refractivity (Wildman–Crippen MR) is 191 cm³/mol. The summed E-state index contributed by atoms with van der Waals surface area (Å²) in [5.74, 6) is 0.192. The number of ether oxygens (including phenoxy) is 1. The summed E-state index contributed by atoms with van der Waals surface area (Å²) in [6.07, 6.45) is 9.40. The highest BCUT2D eigenvalue weighted by Gasteiger charge is 2.36. The van der Waals surface area contributed by atoms with E-state index in [0.717, 1.165) is 17.5 Å². The number of nitrogens with zero attached hydrogens (tertiary/aromatic N) is 5. The second-order valence-corrected chi connectivity index (χ2v) is 13.0. The molecular weight excluding hydrogens is 650 g/mol. The highest BCUT2D eigenvalue weighted by molar-refractivity contribution is 5.99. The van der Waals surface area contributed by atoms with Crippen LogP contribution >= 0.6 is 0 Å². The van der Waals surface area contributed by atoms with Gasteiger partial charge in [-0.25, -0.2) is 9.78 Å². The Morgan fingerprint density at radius 2 is 1.96 bits per heavy atom. The number of amides is 1. The van der Waals surface area contributed by atoms with E-state index in [0.29, 0.717) is 47.7 Å². The number of carboxylic acid groups (broad SMARTS) is 1. The zero-order valence-corrected chi connectivity index (χ0v) is 28.9. The van der Waals surface area contributed by atoms with Gasteiger partial charge in [-0.3, -0.25) is 4.79 Å². The number of aromatic nitrogens is 7. The van der Waals surface area contributed by atoms with Gasteiger partial charge in [-0.1, -0.05) is 80.6 Å². The van der Waals surface area contributed by atoms with E-state index in [4.69, 9.17) is 9.72 Å². The van der Waals surface area contributed by atoms with E-state index in [-0.39, 0.29) is 42.8 Å². The van der Waals surface area contributed by atoms with Crippen LogP contribution < -0.4 is 15.4 Å². The molecule has 266 valence electrons. The second-order valence-electron chi connectivity index (χ2n) is 13.0. The number of imidazole rings is 1. The number of hydrogen-bond donors (Lipinski definition) is 6. The van der Waals surface area contributed by atoms with Crippen LogP contribution in [-0.4, -0.2) is 82.5 Å². The van der Waals surface area contributed by atoms with Gasteiger partial charge in [-0.05, 0) is 42.2 Å². The minimum Gasteiger partial charge on any atom is -0.490 e. The number of rotatable bonds is 16. The Morgan fingerprint density at radius 1 is 1.14 bits per heavy atom. The summed E-state index contributed by atoms with van der Waals surface area (Å²) in [4.78, 5) is 33.8.